The smallest absolute Gasteiger partial charge is 0.251 e. The van der Waals surface area contributed by atoms with Gasteiger partial charge in [0.1, 0.15) is 5.82 Å². The number of piperidine rings is 1. The zero-order valence-corrected chi connectivity index (χ0v) is 16.1. The Morgan fingerprint density at radius 3 is 2.48 bits per heavy atom. The third-order valence-corrected chi connectivity index (χ3v) is 5.36. The summed E-state index contributed by atoms with van der Waals surface area (Å²) in [5.74, 6) is -0.498. The van der Waals surface area contributed by atoms with Crippen LogP contribution in [0.2, 0.25) is 0 Å². The first-order chi connectivity index (χ1) is 13.0. The summed E-state index contributed by atoms with van der Waals surface area (Å²) in [6.07, 6.45) is 2.19. The number of anilines is 1. The molecule has 144 valence electrons. The molecule has 1 aliphatic rings. The Hall–Kier alpha value is -2.40. The molecule has 4 nitrogen and oxygen atoms in total. The molecule has 0 atom stereocenters. The Balaban J connectivity index is 1.38. The maximum Gasteiger partial charge on any atom is 0.251 e. The van der Waals surface area contributed by atoms with Crippen molar-refractivity contribution in [3.05, 3.63) is 65.0 Å². The van der Waals surface area contributed by atoms with Crippen LogP contribution in [-0.4, -0.2) is 38.1 Å². The van der Waals surface area contributed by atoms with Crippen molar-refractivity contribution in [3.8, 4) is 0 Å². The molecule has 0 radical (unpaired) electrons. The zero-order chi connectivity index (χ0) is 19.2. The number of benzene rings is 2. The lowest BCUT2D eigenvalue weighted by Crippen LogP contribution is -2.44. The van der Waals surface area contributed by atoms with Crippen molar-refractivity contribution in [1.82, 2.24) is 10.6 Å². The van der Waals surface area contributed by atoms with E-state index in [4.69, 9.17) is 0 Å². The maximum atomic E-state index is 12.9. The Morgan fingerprint density at radius 1 is 1.07 bits per heavy atom. The molecule has 1 fully saturated rings. The average molecular weight is 369 g/mol. The van der Waals surface area contributed by atoms with E-state index in [2.05, 4.69) is 47.6 Å². The predicted octanol–water partition coefficient (Wildman–Crippen LogP) is 3.43. The Morgan fingerprint density at radius 2 is 1.78 bits per heavy atom. The highest BCUT2D eigenvalue weighted by Crippen LogP contribution is 2.25. The average Bonchev–Trinajstić information content (AvgIpc) is 2.68. The number of aryl methyl sites for hydroxylation is 1. The van der Waals surface area contributed by atoms with Gasteiger partial charge in [-0.1, -0.05) is 12.1 Å². The van der Waals surface area contributed by atoms with Crippen LogP contribution in [0.1, 0.15) is 34.3 Å². The summed E-state index contributed by atoms with van der Waals surface area (Å²) in [7, 11) is 0. The van der Waals surface area contributed by atoms with Gasteiger partial charge in [-0.3, -0.25) is 4.79 Å². The van der Waals surface area contributed by atoms with Crippen molar-refractivity contribution in [2.75, 3.05) is 31.1 Å². The fraction of sp³-hybridized carbons (Fsp3) is 0.409. The van der Waals surface area contributed by atoms with Crippen LogP contribution in [0.3, 0.4) is 0 Å². The standard InChI is InChI=1S/C22H28FN3O/c1-16-4-3-5-21(17(16)2)26-14-10-20(11-15-26)24-12-13-25-22(27)18-6-8-19(23)9-7-18/h3-9,20,24H,10-15H2,1-2H3,(H,25,27). The summed E-state index contributed by atoms with van der Waals surface area (Å²) >= 11 is 0. The number of carbonyl (C=O) groups excluding carboxylic acids is 1. The second-order valence-corrected chi connectivity index (χ2v) is 7.20. The molecule has 0 bridgehead atoms. The molecule has 1 amide bonds. The molecule has 0 unspecified atom stereocenters. The second kappa shape index (κ2) is 9.00. The molecule has 2 aromatic rings. The molecule has 1 aliphatic heterocycles. The van der Waals surface area contributed by atoms with Crippen LogP contribution in [0.4, 0.5) is 10.1 Å². The molecule has 1 heterocycles. The highest BCUT2D eigenvalue weighted by Gasteiger charge is 2.20. The number of carbonyl (C=O) groups is 1. The first-order valence-electron chi connectivity index (χ1n) is 9.63. The second-order valence-electron chi connectivity index (χ2n) is 7.20. The van der Waals surface area contributed by atoms with Crippen LogP contribution in [0.5, 0.6) is 0 Å². The van der Waals surface area contributed by atoms with Crippen molar-refractivity contribution in [2.24, 2.45) is 0 Å². The topological polar surface area (TPSA) is 44.4 Å². The van der Waals surface area contributed by atoms with Crippen LogP contribution in [-0.2, 0) is 0 Å². The van der Waals surface area contributed by atoms with E-state index in [1.54, 1.807) is 0 Å². The molecule has 5 heteroatoms. The highest BCUT2D eigenvalue weighted by molar-refractivity contribution is 5.94. The SMILES string of the molecule is Cc1cccc(N2CCC(NCCNC(=O)c3ccc(F)cc3)CC2)c1C. The summed E-state index contributed by atoms with van der Waals surface area (Å²) in [6.45, 7) is 7.74. The van der Waals surface area contributed by atoms with Gasteiger partial charge in [0.15, 0.2) is 0 Å². The van der Waals surface area contributed by atoms with E-state index in [0.717, 1.165) is 32.5 Å². The molecule has 2 aromatic carbocycles. The lowest BCUT2D eigenvalue weighted by atomic mass is 10.0. The monoisotopic (exact) mass is 369 g/mol. The number of nitrogens with one attached hydrogen (secondary N) is 2. The first kappa shape index (κ1) is 19.4. The number of nitrogens with zero attached hydrogens (tertiary/aromatic N) is 1. The number of amides is 1. The van der Waals surface area contributed by atoms with E-state index in [0.29, 0.717) is 18.2 Å². The summed E-state index contributed by atoms with van der Waals surface area (Å²) in [5.41, 5.74) is 4.54. The quantitative estimate of drug-likeness (QED) is 0.767. The summed E-state index contributed by atoms with van der Waals surface area (Å²) in [6, 6.07) is 12.6. The van der Waals surface area contributed by atoms with Gasteiger partial charge in [0.2, 0.25) is 0 Å². The minimum Gasteiger partial charge on any atom is -0.371 e. The third-order valence-electron chi connectivity index (χ3n) is 5.36. The van der Waals surface area contributed by atoms with Crippen molar-refractivity contribution in [1.29, 1.82) is 0 Å². The Labute approximate surface area is 160 Å². The normalized spacial score (nSPS) is 15.0. The highest BCUT2D eigenvalue weighted by atomic mass is 19.1. The molecular formula is C22H28FN3O. The van der Waals surface area contributed by atoms with E-state index in [9.17, 15) is 9.18 Å². The summed E-state index contributed by atoms with van der Waals surface area (Å²) in [5, 5.41) is 6.41. The minimum absolute atomic E-state index is 0.165. The predicted molar refractivity (Wildman–Crippen MR) is 108 cm³/mol. The Kier molecular flexibility index (Phi) is 6.45. The number of hydrogen-bond donors (Lipinski definition) is 2. The van der Waals surface area contributed by atoms with Gasteiger partial charge in [0.25, 0.3) is 5.91 Å². The van der Waals surface area contributed by atoms with E-state index < -0.39 is 0 Å². The van der Waals surface area contributed by atoms with Crippen LogP contribution in [0.15, 0.2) is 42.5 Å². The van der Waals surface area contributed by atoms with Crippen molar-refractivity contribution < 1.29 is 9.18 Å². The van der Waals surface area contributed by atoms with Crippen molar-refractivity contribution in [3.63, 3.8) is 0 Å². The van der Waals surface area contributed by atoms with Crippen LogP contribution in [0, 0.1) is 19.7 Å². The van der Waals surface area contributed by atoms with E-state index in [-0.39, 0.29) is 11.7 Å². The van der Waals surface area contributed by atoms with Crippen molar-refractivity contribution in [2.45, 2.75) is 32.7 Å². The van der Waals surface area contributed by atoms with Crippen molar-refractivity contribution >= 4 is 11.6 Å². The lowest BCUT2D eigenvalue weighted by molar-refractivity contribution is 0.0953. The van der Waals surface area contributed by atoms with Gasteiger partial charge in [0.05, 0.1) is 0 Å². The van der Waals surface area contributed by atoms with Gasteiger partial charge in [0, 0.05) is 43.5 Å². The molecular weight excluding hydrogens is 341 g/mol. The molecule has 27 heavy (non-hydrogen) atoms. The summed E-state index contributed by atoms with van der Waals surface area (Å²) < 4.78 is 12.9. The summed E-state index contributed by atoms with van der Waals surface area (Å²) in [4.78, 5) is 14.5. The van der Waals surface area contributed by atoms with E-state index in [1.165, 1.54) is 41.1 Å². The lowest BCUT2D eigenvalue weighted by Gasteiger charge is -2.35. The van der Waals surface area contributed by atoms with Gasteiger partial charge >= 0.3 is 0 Å². The minimum atomic E-state index is -0.333. The molecule has 0 aliphatic carbocycles. The van der Waals surface area contributed by atoms with Crippen LogP contribution < -0.4 is 15.5 Å². The van der Waals surface area contributed by atoms with Gasteiger partial charge < -0.3 is 15.5 Å². The van der Waals surface area contributed by atoms with Gasteiger partial charge in [-0.05, 0) is 68.1 Å². The number of rotatable bonds is 6. The van der Waals surface area contributed by atoms with E-state index >= 15 is 0 Å². The first-order valence-corrected chi connectivity index (χ1v) is 9.63. The largest absolute Gasteiger partial charge is 0.371 e. The number of halogens is 1. The fourth-order valence-corrected chi connectivity index (χ4v) is 3.56. The molecule has 0 spiro atoms. The van der Waals surface area contributed by atoms with Gasteiger partial charge in [-0.25, -0.2) is 4.39 Å². The Bertz CT molecular complexity index is 768. The van der Waals surface area contributed by atoms with Gasteiger partial charge in [-0.2, -0.15) is 0 Å². The van der Waals surface area contributed by atoms with Gasteiger partial charge in [-0.15, -0.1) is 0 Å². The molecule has 0 saturated carbocycles. The fourth-order valence-electron chi connectivity index (χ4n) is 3.56. The molecule has 0 aromatic heterocycles. The van der Waals surface area contributed by atoms with Crippen LogP contribution >= 0.6 is 0 Å². The number of hydrogen-bond acceptors (Lipinski definition) is 3. The maximum absolute atomic E-state index is 12.9. The van der Waals surface area contributed by atoms with Crippen LogP contribution in [0.25, 0.3) is 0 Å². The zero-order valence-electron chi connectivity index (χ0n) is 16.1. The van der Waals surface area contributed by atoms with E-state index in [1.807, 2.05) is 0 Å². The third kappa shape index (κ3) is 5.07. The molecule has 2 N–H and O–H groups in total. The molecule has 3 rings (SSSR count). The molecule has 1 saturated heterocycles.